The Morgan fingerprint density at radius 2 is 1.75 bits per heavy atom. The molecule has 5 nitrogen and oxygen atoms in total. The monoisotopic (exact) mass is 393 g/mol. The van der Waals surface area contributed by atoms with Crippen LogP contribution in [0.3, 0.4) is 0 Å². The van der Waals surface area contributed by atoms with Gasteiger partial charge in [0.15, 0.2) is 6.10 Å². The fourth-order valence-electron chi connectivity index (χ4n) is 2.69. The maximum absolute atomic E-state index is 13.3. The highest BCUT2D eigenvalue weighted by Crippen LogP contribution is 2.19. The van der Waals surface area contributed by atoms with E-state index >= 15 is 0 Å². The van der Waals surface area contributed by atoms with E-state index < -0.39 is 12.0 Å². The first-order valence-electron chi connectivity index (χ1n) is 9.10. The van der Waals surface area contributed by atoms with E-state index in [2.05, 4.69) is 0 Å². The molecule has 0 aliphatic rings. The van der Waals surface area contributed by atoms with Crippen LogP contribution in [0, 0.1) is 25.5 Å². The van der Waals surface area contributed by atoms with Gasteiger partial charge in [0, 0.05) is 6.61 Å². The molecule has 0 fully saturated rings. The molecule has 7 heteroatoms. The fraction of sp³-hybridized carbons (Fsp3) is 0.381. The number of unbranched alkanes of at least 4 members (excludes halogenated alkanes) is 1. The van der Waals surface area contributed by atoms with Crippen molar-refractivity contribution in [2.75, 3.05) is 6.61 Å². The molecule has 0 saturated heterocycles. The molecule has 152 valence electrons. The summed E-state index contributed by atoms with van der Waals surface area (Å²) < 4.78 is 37.7. The second kappa shape index (κ2) is 10.7. The van der Waals surface area contributed by atoms with Crippen molar-refractivity contribution in [3.63, 3.8) is 0 Å². The van der Waals surface area contributed by atoms with Crippen LogP contribution in [0.15, 0.2) is 36.4 Å². The Bertz CT molecular complexity index is 798. The molecule has 0 spiro atoms. The van der Waals surface area contributed by atoms with E-state index in [9.17, 15) is 13.6 Å². The van der Waals surface area contributed by atoms with E-state index in [1.54, 1.807) is 31.5 Å². The zero-order chi connectivity index (χ0) is 20.5. The first-order chi connectivity index (χ1) is 13.4. The van der Waals surface area contributed by atoms with Crippen molar-refractivity contribution >= 4 is 5.91 Å². The molecule has 2 aromatic rings. The van der Waals surface area contributed by atoms with E-state index in [1.807, 2.05) is 0 Å². The molecule has 0 radical (unpaired) electrons. The molecule has 0 heterocycles. The van der Waals surface area contributed by atoms with Crippen LogP contribution in [-0.4, -0.2) is 23.8 Å². The van der Waals surface area contributed by atoms with Gasteiger partial charge in [-0.05, 0) is 74.1 Å². The minimum atomic E-state index is -0.894. The highest BCUT2D eigenvalue weighted by Gasteiger charge is 2.20. The van der Waals surface area contributed by atoms with E-state index in [1.165, 1.54) is 24.3 Å². The highest BCUT2D eigenvalue weighted by atomic mass is 19.1. The zero-order valence-corrected chi connectivity index (χ0v) is 16.0. The SMILES string of the molecule is Cc1cc(COCCCCC(Oc2ccc(F)c(C)c2)C(=O)NO)ccc1F. The predicted octanol–water partition coefficient (Wildman–Crippen LogP) is 4.22. The van der Waals surface area contributed by atoms with Gasteiger partial charge >= 0.3 is 0 Å². The summed E-state index contributed by atoms with van der Waals surface area (Å²) in [5.74, 6) is -0.905. The average molecular weight is 393 g/mol. The van der Waals surface area contributed by atoms with Crippen LogP contribution in [-0.2, 0) is 16.1 Å². The Labute approximate surface area is 163 Å². The lowest BCUT2D eigenvalue weighted by atomic mass is 10.1. The molecule has 0 aliphatic carbocycles. The molecular weight excluding hydrogens is 368 g/mol. The maximum Gasteiger partial charge on any atom is 0.284 e. The van der Waals surface area contributed by atoms with Crippen LogP contribution in [0.5, 0.6) is 5.75 Å². The van der Waals surface area contributed by atoms with Crippen LogP contribution in [0.1, 0.15) is 36.0 Å². The van der Waals surface area contributed by atoms with Crippen LogP contribution in [0.25, 0.3) is 0 Å². The smallest absolute Gasteiger partial charge is 0.284 e. The molecular formula is C21H25F2NO4. The third-order valence-corrected chi connectivity index (χ3v) is 4.31. The molecule has 2 aromatic carbocycles. The Hall–Kier alpha value is -2.51. The minimum Gasteiger partial charge on any atom is -0.481 e. The predicted molar refractivity (Wildman–Crippen MR) is 100 cm³/mol. The Morgan fingerprint density at radius 1 is 1.07 bits per heavy atom. The van der Waals surface area contributed by atoms with Crippen molar-refractivity contribution in [2.24, 2.45) is 0 Å². The molecule has 1 amide bonds. The number of benzene rings is 2. The van der Waals surface area contributed by atoms with Crippen molar-refractivity contribution in [3.05, 3.63) is 64.7 Å². The van der Waals surface area contributed by atoms with Crippen molar-refractivity contribution < 1.29 is 28.3 Å². The molecule has 1 unspecified atom stereocenters. The van der Waals surface area contributed by atoms with Gasteiger partial charge in [0.1, 0.15) is 17.4 Å². The van der Waals surface area contributed by atoms with Gasteiger partial charge in [-0.3, -0.25) is 10.0 Å². The van der Waals surface area contributed by atoms with Gasteiger partial charge in [-0.1, -0.05) is 12.1 Å². The van der Waals surface area contributed by atoms with Crippen molar-refractivity contribution in [2.45, 2.75) is 45.8 Å². The van der Waals surface area contributed by atoms with Gasteiger partial charge in [-0.15, -0.1) is 0 Å². The second-order valence-electron chi connectivity index (χ2n) is 6.63. The third-order valence-electron chi connectivity index (χ3n) is 4.31. The van der Waals surface area contributed by atoms with Crippen LogP contribution in [0.2, 0.25) is 0 Å². The number of carbonyl (C=O) groups excluding carboxylic acids is 1. The third kappa shape index (κ3) is 6.58. The molecule has 2 rings (SSSR count). The summed E-state index contributed by atoms with van der Waals surface area (Å²) in [4.78, 5) is 11.8. The summed E-state index contributed by atoms with van der Waals surface area (Å²) in [6.07, 6.45) is 0.776. The van der Waals surface area contributed by atoms with Crippen LogP contribution >= 0.6 is 0 Å². The molecule has 28 heavy (non-hydrogen) atoms. The standard InChI is InChI=1S/C21H25F2NO4/c1-14-11-16(6-8-18(14)22)13-27-10-4-3-5-20(21(25)24-26)28-17-7-9-19(23)15(2)12-17/h6-9,11-12,20,26H,3-5,10,13H2,1-2H3,(H,24,25). The lowest BCUT2D eigenvalue weighted by Crippen LogP contribution is -2.36. The Morgan fingerprint density at radius 3 is 2.39 bits per heavy atom. The van der Waals surface area contributed by atoms with Gasteiger partial charge in [0.05, 0.1) is 6.61 Å². The van der Waals surface area contributed by atoms with E-state index in [0.717, 1.165) is 5.56 Å². The number of aryl methyl sites for hydroxylation is 2. The summed E-state index contributed by atoms with van der Waals surface area (Å²) in [5, 5.41) is 8.90. The molecule has 0 aromatic heterocycles. The summed E-state index contributed by atoms with van der Waals surface area (Å²) in [5.41, 5.74) is 3.47. The topological polar surface area (TPSA) is 67.8 Å². The number of hydrogen-bond donors (Lipinski definition) is 2. The first kappa shape index (κ1) is 21.8. The van der Waals surface area contributed by atoms with Crippen LogP contribution in [0.4, 0.5) is 8.78 Å². The number of hydrogen-bond acceptors (Lipinski definition) is 4. The number of rotatable bonds is 10. The minimum absolute atomic E-state index is 0.242. The zero-order valence-electron chi connectivity index (χ0n) is 16.0. The number of nitrogens with one attached hydrogen (secondary N) is 1. The van der Waals surface area contributed by atoms with E-state index in [-0.39, 0.29) is 11.6 Å². The second-order valence-corrected chi connectivity index (χ2v) is 6.63. The maximum atomic E-state index is 13.3. The number of halogens is 2. The van der Waals surface area contributed by atoms with Gasteiger partial charge in [-0.2, -0.15) is 0 Å². The van der Waals surface area contributed by atoms with Crippen molar-refractivity contribution in [1.82, 2.24) is 5.48 Å². The van der Waals surface area contributed by atoms with Gasteiger partial charge < -0.3 is 9.47 Å². The largest absolute Gasteiger partial charge is 0.481 e. The normalized spacial score (nSPS) is 11.9. The van der Waals surface area contributed by atoms with E-state index in [0.29, 0.717) is 49.4 Å². The van der Waals surface area contributed by atoms with Gasteiger partial charge in [-0.25, -0.2) is 14.3 Å². The highest BCUT2D eigenvalue weighted by molar-refractivity contribution is 5.79. The van der Waals surface area contributed by atoms with Crippen molar-refractivity contribution in [1.29, 1.82) is 0 Å². The lowest BCUT2D eigenvalue weighted by Gasteiger charge is -2.17. The molecule has 0 saturated carbocycles. The summed E-state index contributed by atoms with van der Waals surface area (Å²) in [6, 6.07) is 9.05. The Balaban J connectivity index is 1.76. The van der Waals surface area contributed by atoms with Crippen molar-refractivity contribution in [3.8, 4) is 5.75 Å². The number of carbonyl (C=O) groups is 1. The average Bonchev–Trinajstić information content (AvgIpc) is 2.68. The van der Waals surface area contributed by atoms with E-state index in [4.69, 9.17) is 14.7 Å². The summed E-state index contributed by atoms with van der Waals surface area (Å²) in [6.45, 7) is 4.16. The fourth-order valence-corrected chi connectivity index (χ4v) is 2.69. The lowest BCUT2D eigenvalue weighted by molar-refractivity contribution is -0.136. The number of amides is 1. The van der Waals surface area contributed by atoms with Gasteiger partial charge in [0.2, 0.25) is 0 Å². The van der Waals surface area contributed by atoms with Gasteiger partial charge in [0.25, 0.3) is 5.91 Å². The number of ether oxygens (including phenoxy) is 2. The summed E-state index contributed by atoms with van der Waals surface area (Å²) >= 11 is 0. The molecule has 2 N–H and O–H groups in total. The Kier molecular flexibility index (Phi) is 8.35. The molecule has 0 aliphatic heterocycles. The number of hydroxylamine groups is 1. The molecule has 1 atom stereocenters. The first-order valence-corrected chi connectivity index (χ1v) is 9.10. The summed E-state index contributed by atoms with van der Waals surface area (Å²) in [7, 11) is 0. The quantitative estimate of drug-likeness (QED) is 0.360. The molecule has 0 bridgehead atoms. The van der Waals surface area contributed by atoms with Crippen LogP contribution < -0.4 is 10.2 Å².